The average Bonchev–Trinajstić information content (AvgIpc) is 2.48. The van der Waals surface area contributed by atoms with Gasteiger partial charge in [-0.15, -0.1) is 0 Å². The van der Waals surface area contributed by atoms with Gasteiger partial charge in [-0.25, -0.2) is 0 Å². The molecule has 0 heterocycles. The fourth-order valence-corrected chi connectivity index (χ4v) is 3.07. The number of hydrogen-bond acceptors (Lipinski definition) is 1. The van der Waals surface area contributed by atoms with Crippen molar-refractivity contribution in [3.8, 4) is 0 Å². The first-order valence-corrected chi connectivity index (χ1v) is 7.90. The first-order chi connectivity index (χ1) is 10.1. The number of hydrogen-bond donors (Lipinski definition) is 1. The SMILES string of the molecule is CCC(C)C(c1ccccc1)C(O)Cc1cccc(C)c1. The van der Waals surface area contributed by atoms with Gasteiger partial charge in [-0.2, -0.15) is 0 Å². The molecule has 112 valence electrons. The Balaban J connectivity index is 2.20. The Morgan fingerprint density at radius 3 is 2.33 bits per heavy atom. The molecule has 0 aliphatic rings. The minimum Gasteiger partial charge on any atom is -0.392 e. The van der Waals surface area contributed by atoms with Gasteiger partial charge in [0.2, 0.25) is 0 Å². The molecular weight excluding hydrogens is 256 g/mol. The van der Waals surface area contributed by atoms with Crippen LogP contribution in [0.15, 0.2) is 54.6 Å². The lowest BCUT2D eigenvalue weighted by Gasteiger charge is -2.29. The van der Waals surface area contributed by atoms with E-state index in [1.807, 2.05) is 6.07 Å². The number of aryl methyl sites for hydroxylation is 1. The summed E-state index contributed by atoms with van der Waals surface area (Å²) in [5.74, 6) is 0.656. The van der Waals surface area contributed by atoms with E-state index in [1.54, 1.807) is 0 Å². The third kappa shape index (κ3) is 4.18. The van der Waals surface area contributed by atoms with Gasteiger partial charge in [-0.3, -0.25) is 0 Å². The van der Waals surface area contributed by atoms with E-state index in [-0.39, 0.29) is 12.0 Å². The highest BCUT2D eigenvalue weighted by molar-refractivity contribution is 5.26. The van der Waals surface area contributed by atoms with Crippen LogP contribution in [-0.4, -0.2) is 11.2 Å². The molecule has 0 saturated heterocycles. The monoisotopic (exact) mass is 282 g/mol. The lowest BCUT2D eigenvalue weighted by molar-refractivity contribution is 0.117. The smallest absolute Gasteiger partial charge is 0.0651 e. The van der Waals surface area contributed by atoms with Crippen LogP contribution in [0.4, 0.5) is 0 Å². The molecular formula is C20H26O. The van der Waals surface area contributed by atoms with Gasteiger partial charge in [0.25, 0.3) is 0 Å². The van der Waals surface area contributed by atoms with Crippen LogP contribution in [0, 0.1) is 12.8 Å². The van der Waals surface area contributed by atoms with E-state index in [2.05, 4.69) is 69.3 Å². The average molecular weight is 282 g/mol. The molecule has 0 fully saturated rings. The molecule has 2 rings (SSSR count). The molecule has 0 spiro atoms. The van der Waals surface area contributed by atoms with Gasteiger partial charge in [0.05, 0.1) is 6.10 Å². The van der Waals surface area contributed by atoms with E-state index in [0.29, 0.717) is 12.3 Å². The van der Waals surface area contributed by atoms with Crippen molar-refractivity contribution in [2.45, 2.75) is 45.6 Å². The normalized spacial score (nSPS) is 15.4. The molecule has 0 aliphatic carbocycles. The van der Waals surface area contributed by atoms with Crippen LogP contribution in [0.1, 0.15) is 42.9 Å². The highest BCUT2D eigenvalue weighted by Crippen LogP contribution is 2.31. The topological polar surface area (TPSA) is 20.2 Å². The fraction of sp³-hybridized carbons (Fsp3) is 0.400. The van der Waals surface area contributed by atoms with Crippen molar-refractivity contribution in [3.63, 3.8) is 0 Å². The Hall–Kier alpha value is -1.60. The zero-order chi connectivity index (χ0) is 15.2. The Kier molecular flexibility index (Phi) is 5.58. The molecule has 21 heavy (non-hydrogen) atoms. The maximum Gasteiger partial charge on any atom is 0.0651 e. The first kappa shape index (κ1) is 15.8. The summed E-state index contributed by atoms with van der Waals surface area (Å²) in [5.41, 5.74) is 3.71. The molecule has 2 aromatic rings. The van der Waals surface area contributed by atoms with E-state index in [1.165, 1.54) is 16.7 Å². The predicted octanol–water partition coefficient (Wildman–Crippen LogP) is 4.73. The van der Waals surface area contributed by atoms with Gasteiger partial charge in [-0.1, -0.05) is 80.4 Å². The van der Waals surface area contributed by atoms with E-state index < -0.39 is 0 Å². The molecule has 0 saturated carbocycles. The number of rotatable bonds is 6. The third-order valence-electron chi connectivity index (χ3n) is 4.38. The largest absolute Gasteiger partial charge is 0.392 e. The van der Waals surface area contributed by atoms with Gasteiger partial charge < -0.3 is 5.11 Å². The molecule has 1 nitrogen and oxygen atoms in total. The molecule has 1 heteroatoms. The van der Waals surface area contributed by atoms with Gasteiger partial charge in [-0.05, 0) is 30.4 Å². The zero-order valence-corrected chi connectivity index (χ0v) is 13.3. The second-order valence-corrected chi connectivity index (χ2v) is 6.08. The quantitative estimate of drug-likeness (QED) is 0.812. The third-order valence-corrected chi connectivity index (χ3v) is 4.38. The van der Waals surface area contributed by atoms with Crippen molar-refractivity contribution >= 4 is 0 Å². The van der Waals surface area contributed by atoms with Gasteiger partial charge in [0.15, 0.2) is 0 Å². The molecule has 0 aromatic heterocycles. The Morgan fingerprint density at radius 2 is 1.71 bits per heavy atom. The standard InChI is InChI=1S/C20H26O/c1-4-16(3)20(18-11-6-5-7-12-18)19(21)14-17-10-8-9-15(2)13-17/h5-13,16,19-21H,4,14H2,1-3H3. The summed E-state index contributed by atoms with van der Waals surface area (Å²) in [6.07, 6.45) is 1.44. The number of aliphatic hydroxyl groups excluding tert-OH is 1. The molecule has 1 N–H and O–H groups in total. The fourth-order valence-electron chi connectivity index (χ4n) is 3.07. The minimum absolute atomic E-state index is 0.191. The summed E-state index contributed by atoms with van der Waals surface area (Å²) in [7, 11) is 0. The highest BCUT2D eigenvalue weighted by atomic mass is 16.3. The maximum atomic E-state index is 10.8. The van der Waals surface area contributed by atoms with Gasteiger partial charge in [0, 0.05) is 5.92 Å². The van der Waals surface area contributed by atoms with Crippen LogP contribution in [0.3, 0.4) is 0 Å². The van der Waals surface area contributed by atoms with E-state index in [0.717, 1.165) is 6.42 Å². The summed E-state index contributed by atoms with van der Waals surface area (Å²) in [6, 6.07) is 18.9. The van der Waals surface area contributed by atoms with Gasteiger partial charge >= 0.3 is 0 Å². The molecule has 0 bridgehead atoms. The van der Waals surface area contributed by atoms with Crippen LogP contribution < -0.4 is 0 Å². The zero-order valence-electron chi connectivity index (χ0n) is 13.3. The molecule has 3 unspecified atom stereocenters. The molecule has 0 aliphatic heterocycles. The summed E-state index contributed by atoms with van der Waals surface area (Å²) < 4.78 is 0. The summed E-state index contributed by atoms with van der Waals surface area (Å²) in [5, 5.41) is 10.8. The van der Waals surface area contributed by atoms with Crippen molar-refractivity contribution in [1.29, 1.82) is 0 Å². The van der Waals surface area contributed by atoms with E-state index in [4.69, 9.17) is 0 Å². The summed E-state index contributed by atoms with van der Waals surface area (Å²) in [4.78, 5) is 0. The Morgan fingerprint density at radius 1 is 1.00 bits per heavy atom. The number of aliphatic hydroxyl groups is 1. The van der Waals surface area contributed by atoms with Crippen molar-refractivity contribution < 1.29 is 5.11 Å². The van der Waals surface area contributed by atoms with Gasteiger partial charge in [0.1, 0.15) is 0 Å². The second kappa shape index (κ2) is 7.42. The summed E-state index contributed by atoms with van der Waals surface area (Å²) >= 11 is 0. The molecule has 2 aromatic carbocycles. The lowest BCUT2D eigenvalue weighted by atomic mass is 9.79. The lowest BCUT2D eigenvalue weighted by Crippen LogP contribution is -2.26. The van der Waals surface area contributed by atoms with Crippen LogP contribution in [0.2, 0.25) is 0 Å². The van der Waals surface area contributed by atoms with E-state index in [9.17, 15) is 5.11 Å². The van der Waals surface area contributed by atoms with Crippen molar-refractivity contribution in [3.05, 3.63) is 71.3 Å². The Bertz CT molecular complexity index is 547. The van der Waals surface area contributed by atoms with Crippen molar-refractivity contribution in [2.75, 3.05) is 0 Å². The minimum atomic E-state index is -0.343. The van der Waals surface area contributed by atoms with Crippen LogP contribution >= 0.6 is 0 Å². The van der Waals surface area contributed by atoms with Crippen LogP contribution in [0.5, 0.6) is 0 Å². The van der Waals surface area contributed by atoms with Crippen molar-refractivity contribution in [1.82, 2.24) is 0 Å². The Labute approximate surface area is 128 Å². The maximum absolute atomic E-state index is 10.8. The van der Waals surface area contributed by atoms with E-state index >= 15 is 0 Å². The molecule has 0 amide bonds. The number of benzene rings is 2. The predicted molar refractivity (Wildman–Crippen MR) is 89.5 cm³/mol. The second-order valence-electron chi connectivity index (χ2n) is 6.08. The van der Waals surface area contributed by atoms with Crippen LogP contribution in [0.25, 0.3) is 0 Å². The highest BCUT2D eigenvalue weighted by Gasteiger charge is 2.26. The van der Waals surface area contributed by atoms with Crippen LogP contribution in [-0.2, 0) is 6.42 Å². The summed E-state index contributed by atoms with van der Waals surface area (Å²) in [6.45, 7) is 6.52. The first-order valence-electron chi connectivity index (χ1n) is 7.90. The molecule has 0 radical (unpaired) electrons. The molecule has 3 atom stereocenters. The van der Waals surface area contributed by atoms with Crippen molar-refractivity contribution in [2.24, 2.45) is 5.92 Å².